The summed E-state index contributed by atoms with van der Waals surface area (Å²) in [4.78, 5) is 129. The minimum absolute atomic E-state index is 0.109. The van der Waals surface area contributed by atoms with Gasteiger partial charge in [-0.1, -0.05) is 233 Å². The van der Waals surface area contributed by atoms with Gasteiger partial charge in [0.2, 0.25) is 23.6 Å². The number of phosphoric ester groups is 2. The minimum atomic E-state index is -5.08. The zero-order chi connectivity index (χ0) is 79.0. The first-order chi connectivity index (χ1) is 51.7. The summed E-state index contributed by atoms with van der Waals surface area (Å²) in [5, 5.41) is 10.0. The van der Waals surface area contributed by atoms with Crippen LogP contribution in [0, 0.1) is 0 Å². The largest absolute Gasteiger partial charge is 0.756 e. The van der Waals surface area contributed by atoms with Crippen LogP contribution in [0.4, 0.5) is 0 Å². The fourth-order valence-electron chi connectivity index (χ4n) is 11.7. The summed E-state index contributed by atoms with van der Waals surface area (Å²) < 4.78 is 69.8. The van der Waals surface area contributed by atoms with Gasteiger partial charge in [-0.05, 0) is 89.9 Å². The molecule has 0 aliphatic rings. The molecule has 6 atom stereocenters. The first-order valence-corrected chi connectivity index (χ1v) is 44.8. The van der Waals surface area contributed by atoms with Gasteiger partial charge in [-0.3, -0.25) is 47.5 Å². The first kappa shape index (κ1) is 103. The number of allylic oxidation sites excluding steroid dienone is 4. The standard InChI is InChI=1S/C81H150N4O20P2/c1-7-13-19-23-27-31-35-39-45-49-72(86)63-78(90)84-70(66-98-59-55-74(51-43-17-11-5)104-80(92)53-47-41-37-33-29-25-21-15-9-3)68-102-106(94,95)100-61-57-82-76(88)65-77(89)83-58-62-101-107(96,97)103-69-71(85-79(91)64-73(87)50-46-40-36-32-28-24-20-14-8-2)67-99-60-56-75(52-44-18-12-6)105-81(93)54-48-42-38-34-30-26-22-16-10-4/h33-34,37-38,70-71,74-75H,7-32,35-36,39-69H2,1-6H3,(H,82,88)(H,83,89)(H,84,90)(H,85,91)(H,94,95)(H,96,97)/p-2/b37-33-,38-34-. The molecule has 4 N–H and O–H groups in total. The summed E-state index contributed by atoms with van der Waals surface area (Å²) >= 11 is 0. The number of esters is 2. The number of hydrogen-bond acceptors (Lipinski definition) is 20. The van der Waals surface area contributed by atoms with E-state index in [1.807, 2.05) is 0 Å². The number of ether oxygens (including phenoxy) is 4. The van der Waals surface area contributed by atoms with E-state index in [1.54, 1.807) is 0 Å². The van der Waals surface area contributed by atoms with Crippen LogP contribution in [0.3, 0.4) is 0 Å². The van der Waals surface area contributed by atoms with Gasteiger partial charge >= 0.3 is 11.9 Å². The van der Waals surface area contributed by atoms with Gasteiger partial charge in [0.25, 0.3) is 15.6 Å². The van der Waals surface area contributed by atoms with Crippen LogP contribution in [0.25, 0.3) is 0 Å². The monoisotopic (exact) mass is 1560 g/mol. The number of rotatable bonds is 80. The van der Waals surface area contributed by atoms with Crippen LogP contribution in [0.15, 0.2) is 24.3 Å². The second-order valence-electron chi connectivity index (χ2n) is 28.5. The van der Waals surface area contributed by atoms with Crippen LogP contribution < -0.4 is 31.1 Å². The molecule has 4 amide bonds. The maximum atomic E-state index is 13.2. The SMILES string of the molecule is CCCCCC/C=C\CCCC(=O)OC(CCCCC)CCOCC(COP(=O)([O-])OCCNC(=O)CC(=O)NCCOP(=O)([O-])OCC(COCCC(CCCCC)OC(=O)CCC/C=C\CCCCCC)NC(=O)CC(=O)CCCCCCCCCCC)NC(=O)CC(=O)CCCCCCCCCCC. The molecular formula is C81H148N4O20P2-2. The molecule has 0 bridgehead atoms. The lowest BCUT2D eigenvalue weighted by molar-refractivity contribution is -0.227. The number of carbonyl (C=O) groups excluding carboxylic acids is 8. The highest BCUT2D eigenvalue weighted by Gasteiger charge is 2.24. The van der Waals surface area contributed by atoms with E-state index in [4.69, 9.17) is 37.0 Å². The smallest absolute Gasteiger partial charge is 0.306 e. The predicted octanol–water partition coefficient (Wildman–Crippen LogP) is 16.5. The van der Waals surface area contributed by atoms with E-state index in [1.165, 1.54) is 89.9 Å². The van der Waals surface area contributed by atoms with Crippen molar-refractivity contribution < 1.29 is 94.3 Å². The van der Waals surface area contributed by atoms with E-state index in [-0.39, 0.29) is 88.7 Å². The summed E-state index contributed by atoms with van der Waals surface area (Å²) in [6.45, 7) is 9.49. The Labute approximate surface area is 646 Å². The van der Waals surface area contributed by atoms with Crippen molar-refractivity contribution >= 4 is 62.8 Å². The predicted molar refractivity (Wildman–Crippen MR) is 419 cm³/mol. The average Bonchev–Trinajstić information content (AvgIpc) is 0.919. The van der Waals surface area contributed by atoms with Crippen molar-refractivity contribution in [3.8, 4) is 0 Å². The van der Waals surface area contributed by atoms with Gasteiger partial charge in [0.15, 0.2) is 0 Å². The number of carbonyl (C=O) groups is 8. The molecule has 0 aromatic heterocycles. The molecule has 0 rings (SSSR count). The molecule has 0 aliphatic carbocycles. The van der Waals surface area contributed by atoms with Crippen molar-refractivity contribution in [3.63, 3.8) is 0 Å². The van der Waals surface area contributed by atoms with E-state index < -0.39 is 109 Å². The van der Waals surface area contributed by atoms with Crippen LogP contribution in [0.2, 0.25) is 0 Å². The average molecular weight is 1560 g/mol. The van der Waals surface area contributed by atoms with Crippen molar-refractivity contribution in [3.05, 3.63) is 24.3 Å². The summed E-state index contributed by atoms with van der Waals surface area (Å²) in [7, 11) is -10.2. The van der Waals surface area contributed by atoms with Gasteiger partial charge in [-0.2, -0.15) is 0 Å². The summed E-state index contributed by atoms with van der Waals surface area (Å²) in [5.74, 6) is -4.00. The summed E-state index contributed by atoms with van der Waals surface area (Å²) in [6, 6.07) is -2.08. The molecule has 0 radical (unpaired) electrons. The molecule has 6 unspecified atom stereocenters. The number of Topliss-reactive ketones (excluding diaryl/α,β-unsaturated/α-hetero) is 2. The molecule has 0 saturated carbocycles. The Hall–Kier alpha value is -4.22. The highest BCUT2D eigenvalue weighted by Crippen LogP contribution is 2.39. The fraction of sp³-hybridized carbons (Fsp3) is 0.852. The number of ketones is 2. The quantitative estimate of drug-likeness (QED) is 0.0144. The number of nitrogens with one attached hydrogen (secondary N) is 4. The lowest BCUT2D eigenvalue weighted by Gasteiger charge is -2.26. The third kappa shape index (κ3) is 70.6. The van der Waals surface area contributed by atoms with Gasteiger partial charge in [0.1, 0.15) is 30.2 Å². The zero-order valence-corrected chi connectivity index (χ0v) is 69.2. The van der Waals surface area contributed by atoms with Crippen molar-refractivity contribution in [2.45, 2.75) is 380 Å². The first-order valence-electron chi connectivity index (χ1n) is 41.9. The maximum Gasteiger partial charge on any atom is 0.306 e. The molecule has 107 heavy (non-hydrogen) atoms. The molecule has 0 saturated heterocycles. The second kappa shape index (κ2) is 73.3. The molecule has 0 spiro atoms. The van der Waals surface area contributed by atoms with Crippen molar-refractivity contribution in [2.24, 2.45) is 0 Å². The van der Waals surface area contributed by atoms with Crippen LogP contribution in [-0.2, 0) is 84.5 Å². The lowest BCUT2D eigenvalue weighted by atomic mass is 10.0. The van der Waals surface area contributed by atoms with Gasteiger partial charge in [0, 0.05) is 51.6 Å². The Morgan fingerprint density at radius 1 is 0.327 bits per heavy atom. The molecular weight excluding hydrogens is 1410 g/mol. The van der Waals surface area contributed by atoms with Crippen LogP contribution in [-0.4, -0.2) is 137 Å². The molecule has 0 aromatic carbocycles. The molecule has 0 aliphatic heterocycles. The lowest BCUT2D eigenvalue weighted by Crippen LogP contribution is -2.42. The number of phosphoric acid groups is 2. The molecule has 0 fully saturated rings. The van der Waals surface area contributed by atoms with E-state index >= 15 is 0 Å². The minimum Gasteiger partial charge on any atom is -0.756 e. The number of hydrogen-bond donors (Lipinski definition) is 4. The fourth-order valence-corrected chi connectivity index (χ4v) is 13.2. The normalized spacial score (nSPS) is 13.9. The third-order valence-corrected chi connectivity index (χ3v) is 20.0. The third-order valence-electron chi connectivity index (χ3n) is 18.0. The highest BCUT2D eigenvalue weighted by molar-refractivity contribution is 7.46. The Bertz CT molecular complexity index is 2260. The van der Waals surface area contributed by atoms with Crippen molar-refractivity contribution in [1.82, 2.24) is 21.3 Å². The molecule has 26 heteroatoms. The van der Waals surface area contributed by atoms with Gasteiger partial charge in [-0.25, -0.2) is 0 Å². The zero-order valence-electron chi connectivity index (χ0n) is 67.4. The molecule has 0 heterocycles. The molecule has 0 aromatic rings. The van der Waals surface area contributed by atoms with Crippen LogP contribution in [0.5, 0.6) is 0 Å². The highest BCUT2D eigenvalue weighted by atomic mass is 31.2. The summed E-state index contributed by atoms with van der Waals surface area (Å²) in [6.07, 6.45) is 48.5. The van der Waals surface area contributed by atoms with E-state index in [0.717, 1.165) is 128 Å². The number of unbranched alkanes of at least 4 members (excludes halogenated alkanes) is 30. The van der Waals surface area contributed by atoms with Crippen LogP contribution in [0.1, 0.15) is 356 Å². The van der Waals surface area contributed by atoms with E-state index in [9.17, 15) is 57.3 Å². The molecule has 624 valence electrons. The second-order valence-corrected chi connectivity index (χ2v) is 31.3. The summed E-state index contributed by atoms with van der Waals surface area (Å²) in [5.41, 5.74) is 0. The van der Waals surface area contributed by atoms with Crippen molar-refractivity contribution in [2.75, 3.05) is 65.9 Å². The van der Waals surface area contributed by atoms with E-state index in [2.05, 4.69) is 87.1 Å². The number of amides is 4. The van der Waals surface area contributed by atoms with Crippen LogP contribution >= 0.6 is 15.6 Å². The van der Waals surface area contributed by atoms with Gasteiger partial charge < -0.3 is 68.1 Å². The topological polar surface area (TPSA) is 339 Å². The Morgan fingerprint density at radius 3 is 0.981 bits per heavy atom. The Morgan fingerprint density at radius 2 is 0.636 bits per heavy atom. The Kier molecular flexibility index (Phi) is 70.4. The van der Waals surface area contributed by atoms with Gasteiger partial charge in [-0.15, -0.1) is 0 Å². The van der Waals surface area contributed by atoms with Gasteiger partial charge in [0.05, 0.1) is 77.8 Å². The van der Waals surface area contributed by atoms with Crippen molar-refractivity contribution in [1.29, 1.82) is 0 Å². The van der Waals surface area contributed by atoms with E-state index in [0.29, 0.717) is 51.4 Å². The Balaban J connectivity index is 5.54. The molecule has 24 nitrogen and oxygen atoms in total. The maximum absolute atomic E-state index is 13.2.